The molecular weight excluding hydrogens is 457 g/mol. The number of likely N-dealkylation sites (tertiary alicyclic amines) is 1. The summed E-state index contributed by atoms with van der Waals surface area (Å²) in [7, 11) is 0. The number of hydrogen-bond donors (Lipinski definition) is 0. The fraction of sp³-hybridized carbons (Fsp3) is 0.310. The second-order valence-electron chi connectivity index (χ2n) is 9.59. The fourth-order valence-corrected chi connectivity index (χ4v) is 5.41. The van der Waals surface area contributed by atoms with E-state index in [4.69, 9.17) is 14.5 Å². The second kappa shape index (κ2) is 9.74. The number of para-hydroxylation sites is 3. The van der Waals surface area contributed by atoms with Crippen molar-refractivity contribution < 1.29 is 18.7 Å². The molecule has 184 valence electrons. The molecule has 0 spiro atoms. The average Bonchev–Trinajstić information content (AvgIpc) is 3.28. The third kappa shape index (κ3) is 4.46. The molecule has 3 heterocycles. The minimum absolute atomic E-state index is 0.0252. The highest BCUT2D eigenvalue weighted by Crippen LogP contribution is 2.35. The highest BCUT2D eigenvalue weighted by atomic mass is 19.1. The summed E-state index contributed by atoms with van der Waals surface area (Å²) >= 11 is 0. The lowest BCUT2D eigenvalue weighted by molar-refractivity contribution is 0.0514. The van der Waals surface area contributed by atoms with E-state index in [-0.39, 0.29) is 11.9 Å². The van der Waals surface area contributed by atoms with Crippen molar-refractivity contribution in [2.75, 3.05) is 26.2 Å². The summed E-state index contributed by atoms with van der Waals surface area (Å²) in [4.78, 5) is 19.0. The van der Waals surface area contributed by atoms with Crippen LogP contribution >= 0.6 is 0 Å². The molecule has 2 aliphatic heterocycles. The number of carbonyl (C=O) groups excluding carboxylic acids is 1. The molecule has 0 radical (unpaired) electrons. The van der Waals surface area contributed by atoms with Crippen molar-refractivity contribution in [1.29, 1.82) is 0 Å². The van der Waals surface area contributed by atoms with E-state index < -0.39 is 0 Å². The minimum Gasteiger partial charge on any atom is -0.486 e. The van der Waals surface area contributed by atoms with Gasteiger partial charge in [-0.05, 0) is 73.3 Å². The fourth-order valence-electron chi connectivity index (χ4n) is 5.41. The van der Waals surface area contributed by atoms with Gasteiger partial charge in [-0.1, -0.05) is 36.4 Å². The number of carbonyl (C=O) groups is 1. The van der Waals surface area contributed by atoms with E-state index in [1.165, 1.54) is 17.7 Å². The molecule has 0 amide bonds. The van der Waals surface area contributed by atoms with Crippen molar-refractivity contribution in [2.24, 2.45) is 0 Å². The molecule has 1 atom stereocenters. The van der Waals surface area contributed by atoms with Gasteiger partial charge in [0.2, 0.25) is 0 Å². The molecule has 4 aromatic rings. The van der Waals surface area contributed by atoms with Gasteiger partial charge in [0.15, 0.2) is 23.6 Å². The van der Waals surface area contributed by atoms with Crippen LogP contribution in [-0.4, -0.2) is 53.1 Å². The van der Waals surface area contributed by atoms with Crippen LogP contribution in [0.5, 0.6) is 11.5 Å². The molecule has 1 fully saturated rings. The van der Waals surface area contributed by atoms with Gasteiger partial charge in [-0.3, -0.25) is 9.69 Å². The topological polar surface area (TPSA) is 56.6 Å². The van der Waals surface area contributed by atoms with Gasteiger partial charge in [-0.25, -0.2) is 9.37 Å². The number of aldehydes is 1. The van der Waals surface area contributed by atoms with Gasteiger partial charge in [0, 0.05) is 13.1 Å². The molecule has 36 heavy (non-hydrogen) atoms. The van der Waals surface area contributed by atoms with Gasteiger partial charge in [0.05, 0.1) is 11.0 Å². The van der Waals surface area contributed by atoms with Crippen molar-refractivity contribution in [3.63, 3.8) is 0 Å². The Morgan fingerprint density at radius 1 is 0.972 bits per heavy atom. The van der Waals surface area contributed by atoms with E-state index in [2.05, 4.69) is 11.0 Å². The van der Waals surface area contributed by atoms with Crippen LogP contribution in [0.15, 0.2) is 66.7 Å². The molecule has 6 rings (SSSR count). The number of nitrogens with zero attached hydrogens (tertiary/aromatic N) is 3. The van der Waals surface area contributed by atoms with E-state index in [0.717, 1.165) is 66.9 Å². The molecule has 0 saturated carbocycles. The normalized spacial score (nSPS) is 18.4. The average molecular weight is 486 g/mol. The van der Waals surface area contributed by atoms with Crippen molar-refractivity contribution in [3.8, 4) is 11.5 Å². The minimum atomic E-state index is -0.272. The van der Waals surface area contributed by atoms with Gasteiger partial charge in [-0.15, -0.1) is 0 Å². The molecule has 2 aliphatic rings. The molecule has 3 aromatic carbocycles. The Bertz CT molecular complexity index is 1380. The van der Waals surface area contributed by atoms with Crippen molar-refractivity contribution >= 4 is 17.3 Å². The zero-order valence-corrected chi connectivity index (χ0v) is 20.0. The molecule has 1 saturated heterocycles. The van der Waals surface area contributed by atoms with E-state index in [1.807, 2.05) is 41.0 Å². The molecule has 0 N–H and O–H groups in total. The van der Waals surface area contributed by atoms with E-state index >= 15 is 0 Å². The SMILES string of the molecule is O=Cc1nc2c(C3CCN(CC4COc5ccccc5O4)CC3)cccc2n1Cc1ccc(F)cc1. The number of hydrogen-bond acceptors (Lipinski definition) is 5. The van der Waals surface area contributed by atoms with Gasteiger partial charge >= 0.3 is 0 Å². The molecule has 0 aliphatic carbocycles. The Balaban J connectivity index is 1.16. The summed E-state index contributed by atoms with van der Waals surface area (Å²) in [6, 6.07) is 20.4. The lowest BCUT2D eigenvalue weighted by atomic mass is 9.88. The molecular formula is C29H28FN3O3. The molecule has 6 nitrogen and oxygen atoms in total. The quantitative estimate of drug-likeness (QED) is 0.358. The first-order chi connectivity index (χ1) is 17.7. The molecule has 1 aromatic heterocycles. The maximum atomic E-state index is 13.3. The third-order valence-corrected chi connectivity index (χ3v) is 7.26. The van der Waals surface area contributed by atoms with Crippen LogP contribution in [-0.2, 0) is 6.54 Å². The standard InChI is InChI=1S/C29H28FN3O3/c30-22-10-8-20(9-11-22)16-33-25-5-3-4-24(29(25)31-28(33)18-34)21-12-14-32(15-13-21)17-23-19-35-26-6-1-2-7-27(26)36-23/h1-11,18,21,23H,12-17,19H2. The van der Waals surface area contributed by atoms with Crippen LogP contribution in [0.2, 0.25) is 0 Å². The number of halogens is 1. The molecule has 7 heteroatoms. The highest BCUT2D eigenvalue weighted by molar-refractivity contribution is 5.86. The van der Waals surface area contributed by atoms with Crippen LogP contribution in [0.1, 0.15) is 40.5 Å². The third-order valence-electron chi connectivity index (χ3n) is 7.26. The number of fused-ring (bicyclic) bond motifs is 2. The summed E-state index contributed by atoms with van der Waals surface area (Å²) < 4.78 is 27.3. The van der Waals surface area contributed by atoms with E-state index in [9.17, 15) is 9.18 Å². The Hall–Kier alpha value is -3.71. The van der Waals surface area contributed by atoms with Crippen LogP contribution in [0, 0.1) is 5.82 Å². The number of piperidine rings is 1. The highest BCUT2D eigenvalue weighted by Gasteiger charge is 2.28. The van der Waals surface area contributed by atoms with Crippen molar-refractivity contribution in [1.82, 2.24) is 14.5 Å². The number of ether oxygens (including phenoxy) is 2. The summed E-state index contributed by atoms with van der Waals surface area (Å²) in [5.41, 5.74) is 3.95. The van der Waals surface area contributed by atoms with Gasteiger partial charge in [0.25, 0.3) is 0 Å². The molecule has 1 unspecified atom stereocenters. The predicted molar refractivity (Wildman–Crippen MR) is 135 cm³/mol. The first-order valence-corrected chi connectivity index (χ1v) is 12.5. The van der Waals surface area contributed by atoms with Crippen molar-refractivity contribution in [2.45, 2.75) is 31.4 Å². The van der Waals surface area contributed by atoms with Crippen LogP contribution in [0.4, 0.5) is 4.39 Å². The van der Waals surface area contributed by atoms with E-state index in [1.54, 1.807) is 12.1 Å². The van der Waals surface area contributed by atoms with Gasteiger partial charge in [-0.2, -0.15) is 0 Å². The maximum absolute atomic E-state index is 13.3. The largest absolute Gasteiger partial charge is 0.486 e. The predicted octanol–water partition coefficient (Wildman–Crippen LogP) is 5.06. The molecule has 0 bridgehead atoms. The van der Waals surface area contributed by atoms with Crippen LogP contribution in [0.25, 0.3) is 11.0 Å². The van der Waals surface area contributed by atoms with Crippen LogP contribution < -0.4 is 9.47 Å². The zero-order valence-electron chi connectivity index (χ0n) is 20.0. The van der Waals surface area contributed by atoms with Crippen molar-refractivity contribution in [3.05, 3.63) is 89.5 Å². The lowest BCUT2D eigenvalue weighted by Crippen LogP contribution is -2.43. The summed E-state index contributed by atoms with van der Waals surface area (Å²) in [5, 5.41) is 0. The number of benzene rings is 3. The summed E-state index contributed by atoms with van der Waals surface area (Å²) in [5.74, 6) is 2.13. The summed E-state index contributed by atoms with van der Waals surface area (Å²) in [6.07, 6.45) is 2.87. The van der Waals surface area contributed by atoms with E-state index in [0.29, 0.717) is 24.9 Å². The number of rotatable bonds is 6. The monoisotopic (exact) mass is 485 g/mol. The lowest BCUT2D eigenvalue weighted by Gasteiger charge is -2.35. The Morgan fingerprint density at radius 2 is 1.75 bits per heavy atom. The first-order valence-electron chi connectivity index (χ1n) is 12.5. The number of imidazole rings is 1. The zero-order chi connectivity index (χ0) is 24.5. The first kappa shape index (κ1) is 22.7. The Labute approximate surface area is 209 Å². The number of aromatic nitrogens is 2. The van der Waals surface area contributed by atoms with Gasteiger partial charge < -0.3 is 14.0 Å². The smallest absolute Gasteiger partial charge is 0.185 e. The Morgan fingerprint density at radius 3 is 2.53 bits per heavy atom. The summed E-state index contributed by atoms with van der Waals surface area (Å²) in [6.45, 7) is 3.82. The second-order valence-corrected chi connectivity index (χ2v) is 9.59. The maximum Gasteiger partial charge on any atom is 0.185 e. The van der Waals surface area contributed by atoms with Gasteiger partial charge in [0.1, 0.15) is 18.5 Å². The Kier molecular flexibility index (Phi) is 6.15. The van der Waals surface area contributed by atoms with Crippen LogP contribution in [0.3, 0.4) is 0 Å².